The number of nitrogens with zero attached hydrogens (tertiary/aromatic N) is 1. The zero-order chi connectivity index (χ0) is 36.5. The highest BCUT2D eigenvalue weighted by molar-refractivity contribution is 6.18. The van der Waals surface area contributed by atoms with Crippen molar-refractivity contribution in [2.24, 2.45) is 5.41 Å². The van der Waals surface area contributed by atoms with Crippen LogP contribution in [0.15, 0.2) is 156 Å². The zero-order valence-corrected chi connectivity index (χ0v) is 31.5. The van der Waals surface area contributed by atoms with Crippen molar-refractivity contribution in [1.82, 2.24) is 0 Å². The van der Waals surface area contributed by atoms with Gasteiger partial charge in [0.25, 0.3) is 0 Å². The largest absolute Gasteiger partial charge is 0.455 e. The molecule has 2 heteroatoms. The maximum Gasteiger partial charge on any atom is 0.143 e. The van der Waals surface area contributed by atoms with E-state index in [1.165, 1.54) is 92.2 Å². The lowest BCUT2D eigenvalue weighted by atomic mass is 9.61. The van der Waals surface area contributed by atoms with Crippen molar-refractivity contribution in [2.45, 2.75) is 62.9 Å². The molecule has 1 spiro atoms. The second-order valence-corrected chi connectivity index (χ2v) is 17.0. The lowest BCUT2D eigenvalue weighted by Crippen LogP contribution is -2.53. The van der Waals surface area contributed by atoms with E-state index >= 15 is 0 Å². The first-order chi connectivity index (χ1) is 27.0. The number of hydrogen-bond donors (Lipinski definition) is 0. The van der Waals surface area contributed by atoms with Gasteiger partial charge >= 0.3 is 0 Å². The Kier molecular flexibility index (Phi) is 6.36. The molecular weight excluding hydrogens is 667 g/mol. The molecular formula is C53H43NO. The third-order valence-corrected chi connectivity index (χ3v) is 14.6. The minimum absolute atomic E-state index is 0.119. The highest BCUT2D eigenvalue weighted by atomic mass is 16.3. The van der Waals surface area contributed by atoms with Crippen LogP contribution >= 0.6 is 0 Å². The minimum atomic E-state index is -0.420. The van der Waals surface area contributed by atoms with Gasteiger partial charge in [-0.2, -0.15) is 0 Å². The molecule has 7 aromatic rings. The molecule has 2 nitrogen and oxygen atoms in total. The van der Waals surface area contributed by atoms with E-state index in [4.69, 9.17) is 4.42 Å². The molecule has 0 bridgehead atoms. The molecule has 4 aliphatic carbocycles. The van der Waals surface area contributed by atoms with Crippen LogP contribution in [-0.4, -0.2) is 11.6 Å². The fraction of sp³-hybridized carbons (Fsp3) is 0.208. The van der Waals surface area contributed by atoms with E-state index in [2.05, 4.69) is 177 Å². The van der Waals surface area contributed by atoms with Gasteiger partial charge in [0.15, 0.2) is 0 Å². The average molecular weight is 710 g/mol. The summed E-state index contributed by atoms with van der Waals surface area (Å²) >= 11 is 0. The second-order valence-electron chi connectivity index (χ2n) is 17.0. The van der Waals surface area contributed by atoms with Gasteiger partial charge in [-0.15, -0.1) is 0 Å². The van der Waals surface area contributed by atoms with Crippen molar-refractivity contribution in [3.63, 3.8) is 0 Å². The SMILES string of the molecule is CC12CCCCC1(C)N(c1ccc(/C=C/c3cc4c(c5c3oc3ccccc35)-c3ccccc3C43c4ccccc4-c4ccccc43)cc1)C1CC=CC=C12. The van der Waals surface area contributed by atoms with Crippen molar-refractivity contribution in [3.05, 3.63) is 185 Å². The topological polar surface area (TPSA) is 16.4 Å². The number of rotatable bonds is 3. The van der Waals surface area contributed by atoms with Crippen LogP contribution < -0.4 is 4.90 Å². The molecule has 6 aromatic carbocycles. The molecule has 2 heterocycles. The molecule has 55 heavy (non-hydrogen) atoms. The Morgan fingerprint density at radius 2 is 1.33 bits per heavy atom. The van der Waals surface area contributed by atoms with Crippen LogP contribution in [0.1, 0.15) is 79.3 Å². The molecule has 1 saturated carbocycles. The summed E-state index contributed by atoms with van der Waals surface area (Å²) in [6.45, 7) is 5.08. The van der Waals surface area contributed by atoms with Crippen molar-refractivity contribution in [3.8, 4) is 22.3 Å². The Labute approximate surface area is 323 Å². The Morgan fingerprint density at radius 1 is 0.673 bits per heavy atom. The fourth-order valence-corrected chi connectivity index (χ4v) is 12.1. The van der Waals surface area contributed by atoms with Crippen LogP contribution in [0.25, 0.3) is 56.3 Å². The molecule has 3 atom stereocenters. The van der Waals surface area contributed by atoms with Crippen LogP contribution in [0.5, 0.6) is 0 Å². The van der Waals surface area contributed by atoms with Crippen molar-refractivity contribution in [2.75, 3.05) is 4.90 Å². The maximum absolute atomic E-state index is 6.84. The van der Waals surface area contributed by atoms with Crippen molar-refractivity contribution < 1.29 is 4.42 Å². The second kappa shape index (κ2) is 11.1. The lowest BCUT2D eigenvalue weighted by Gasteiger charge is -2.50. The first kappa shape index (κ1) is 31.5. The minimum Gasteiger partial charge on any atom is -0.455 e. The quantitative estimate of drug-likeness (QED) is 0.170. The third-order valence-electron chi connectivity index (χ3n) is 14.6. The summed E-state index contributed by atoms with van der Waals surface area (Å²) in [4.78, 5) is 2.79. The monoisotopic (exact) mass is 709 g/mol. The summed E-state index contributed by atoms with van der Waals surface area (Å²) in [5.41, 5.74) is 17.7. The smallest absolute Gasteiger partial charge is 0.143 e. The van der Waals surface area contributed by atoms with E-state index < -0.39 is 5.41 Å². The van der Waals surface area contributed by atoms with E-state index in [1.54, 1.807) is 5.57 Å². The molecule has 266 valence electrons. The Bertz CT molecular complexity index is 2800. The molecule has 0 amide bonds. The summed E-state index contributed by atoms with van der Waals surface area (Å²) in [6.07, 6.45) is 17.9. The third kappa shape index (κ3) is 3.90. The highest BCUT2D eigenvalue weighted by Gasteiger charge is 2.61. The van der Waals surface area contributed by atoms with Crippen molar-refractivity contribution >= 4 is 39.8 Å². The predicted octanol–water partition coefficient (Wildman–Crippen LogP) is 13.5. The molecule has 0 N–H and O–H groups in total. The van der Waals surface area contributed by atoms with Gasteiger partial charge in [-0.3, -0.25) is 0 Å². The van der Waals surface area contributed by atoms with Gasteiger partial charge in [0.2, 0.25) is 0 Å². The van der Waals surface area contributed by atoms with Gasteiger partial charge in [0, 0.05) is 33.0 Å². The van der Waals surface area contributed by atoms with Crippen LogP contribution in [-0.2, 0) is 5.41 Å². The molecule has 12 rings (SSSR count). The van der Waals surface area contributed by atoms with Gasteiger partial charge in [0.05, 0.1) is 11.5 Å². The van der Waals surface area contributed by atoms with E-state index in [-0.39, 0.29) is 11.0 Å². The van der Waals surface area contributed by atoms with Gasteiger partial charge in [-0.1, -0.05) is 153 Å². The number of anilines is 1. The lowest BCUT2D eigenvalue weighted by molar-refractivity contribution is 0.159. The zero-order valence-electron chi connectivity index (χ0n) is 31.5. The summed E-state index contributed by atoms with van der Waals surface area (Å²) in [5.74, 6) is 0. The summed E-state index contributed by atoms with van der Waals surface area (Å²) in [6, 6.07) is 48.0. The van der Waals surface area contributed by atoms with E-state index in [0.29, 0.717) is 6.04 Å². The fourth-order valence-electron chi connectivity index (χ4n) is 12.1. The summed E-state index contributed by atoms with van der Waals surface area (Å²) < 4.78 is 6.84. The average Bonchev–Trinajstić information content (AvgIpc) is 3.91. The molecule has 3 unspecified atom stereocenters. The molecule has 1 aliphatic heterocycles. The molecule has 2 fully saturated rings. The van der Waals surface area contributed by atoms with Gasteiger partial charge < -0.3 is 9.32 Å². The first-order valence-corrected chi connectivity index (χ1v) is 20.3. The van der Waals surface area contributed by atoms with E-state index in [9.17, 15) is 0 Å². The van der Waals surface area contributed by atoms with Gasteiger partial charge in [0.1, 0.15) is 11.2 Å². The van der Waals surface area contributed by atoms with E-state index in [0.717, 1.165) is 23.2 Å². The van der Waals surface area contributed by atoms with Crippen LogP contribution in [0.3, 0.4) is 0 Å². The van der Waals surface area contributed by atoms with Gasteiger partial charge in [-0.05, 0) is 106 Å². The molecule has 1 aromatic heterocycles. The van der Waals surface area contributed by atoms with Crippen LogP contribution in [0.4, 0.5) is 5.69 Å². The number of benzene rings is 6. The first-order valence-electron chi connectivity index (χ1n) is 20.3. The maximum atomic E-state index is 6.84. The summed E-state index contributed by atoms with van der Waals surface area (Å²) in [7, 11) is 0. The Balaban J connectivity index is 1.03. The highest BCUT2D eigenvalue weighted by Crippen LogP contribution is 2.65. The molecule has 1 saturated heterocycles. The van der Waals surface area contributed by atoms with Crippen molar-refractivity contribution in [1.29, 1.82) is 0 Å². The summed E-state index contributed by atoms with van der Waals surface area (Å²) in [5, 5.41) is 2.37. The van der Waals surface area contributed by atoms with Crippen LogP contribution in [0.2, 0.25) is 0 Å². The molecule has 0 radical (unpaired) electrons. The number of fused-ring (bicyclic) bond motifs is 17. The number of para-hydroxylation sites is 1. The van der Waals surface area contributed by atoms with E-state index in [1.807, 2.05) is 0 Å². The standard InChI is InChI=1S/C53H43NO/c1-51-31-13-14-32-52(51,2)54(46-23-11-10-22-44(46)51)36-29-26-34(27-30-36)25-28-35-33-45-48(49-40-18-6-12-24-47(40)55-50(35)49)39-17-5-9-21-43(39)53(45)41-19-7-3-15-37(41)38-16-4-8-20-42(38)53/h3-12,15-22,24-30,33,46H,13-14,23,31-32H2,1-2H3/b28-25+. The number of hydrogen-bond acceptors (Lipinski definition) is 2. The Morgan fingerprint density at radius 3 is 2.09 bits per heavy atom. The van der Waals surface area contributed by atoms with Gasteiger partial charge in [-0.25, -0.2) is 0 Å². The van der Waals surface area contributed by atoms with Crippen LogP contribution in [0, 0.1) is 5.41 Å². The number of allylic oxidation sites excluding steroid dienone is 2. The molecule has 5 aliphatic rings. The normalized spacial score (nSPS) is 23.9. The Hall–Kier alpha value is -5.86. The number of furan rings is 1. The predicted molar refractivity (Wildman–Crippen MR) is 228 cm³/mol.